The van der Waals surface area contributed by atoms with E-state index in [0.29, 0.717) is 13.2 Å². The van der Waals surface area contributed by atoms with E-state index in [0.717, 1.165) is 22.8 Å². The van der Waals surface area contributed by atoms with Crippen LogP contribution in [0.1, 0.15) is 25.8 Å². The Bertz CT molecular complexity index is 766. The summed E-state index contributed by atoms with van der Waals surface area (Å²) < 4.78 is 13.1. The molecule has 0 aliphatic heterocycles. The molecule has 1 N–H and O–H groups in total. The van der Waals surface area contributed by atoms with Gasteiger partial charge in [0, 0.05) is 37.0 Å². The Kier molecular flexibility index (Phi) is 5.77. The molecule has 0 atom stereocenters. The highest BCUT2D eigenvalue weighted by Crippen LogP contribution is 2.22. The number of anilines is 2. The van der Waals surface area contributed by atoms with E-state index in [-0.39, 0.29) is 0 Å². The van der Waals surface area contributed by atoms with E-state index in [1.165, 1.54) is 0 Å². The van der Waals surface area contributed by atoms with Gasteiger partial charge in [-0.3, -0.25) is 4.98 Å². The van der Waals surface area contributed by atoms with Crippen molar-refractivity contribution >= 4 is 11.4 Å². The summed E-state index contributed by atoms with van der Waals surface area (Å²) >= 11 is 0. The van der Waals surface area contributed by atoms with Crippen molar-refractivity contribution in [3.05, 3.63) is 67.0 Å². The molecule has 0 bridgehead atoms. The average Bonchev–Trinajstić information content (AvgIpc) is 3.17. The molecular formula is C19H22N4O2. The van der Waals surface area contributed by atoms with Crippen molar-refractivity contribution in [2.24, 2.45) is 0 Å². The first kappa shape index (κ1) is 17.1. The molecule has 0 fully saturated rings. The number of ether oxygens (including phenoxy) is 2. The number of hydrogen-bond donors (Lipinski definition) is 1. The monoisotopic (exact) mass is 338 g/mol. The fourth-order valence-electron chi connectivity index (χ4n) is 2.46. The Morgan fingerprint density at radius 3 is 2.56 bits per heavy atom. The quantitative estimate of drug-likeness (QED) is 0.627. The fourth-order valence-corrected chi connectivity index (χ4v) is 2.46. The number of nitrogens with one attached hydrogen (secondary N) is 1. The SMILES string of the molecule is CCOC(OCC)c1ccc(Nc2cccc(-n3ccnc3)c2)cn1. The molecule has 0 radical (unpaired) electrons. The van der Waals surface area contributed by atoms with Crippen molar-refractivity contribution in [2.75, 3.05) is 18.5 Å². The van der Waals surface area contributed by atoms with Gasteiger partial charge in [0.05, 0.1) is 23.9 Å². The summed E-state index contributed by atoms with van der Waals surface area (Å²) in [4.78, 5) is 8.53. The maximum absolute atomic E-state index is 5.57. The number of pyridine rings is 1. The molecule has 2 heterocycles. The van der Waals surface area contributed by atoms with Gasteiger partial charge in [-0.25, -0.2) is 4.98 Å². The molecule has 3 aromatic rings. The van der Waals surface area contributed by atoms with Crippen LogP contribution in [0.5, 0.6) is 0 Å². The van der Waals surface area contributed by atoms with E-state index in [1.807, 2.05) is 54.9 Å². The molecule has 0 saturated carbocycles. The van der Waals surface area contributed by atoms with Gasteiger partial charge >= 0.3 is 0 Å². The first-order valence-electron chi connectivity index (χ1n) is 8.34. The van der Waals surface area contributed by atoms with E-state index in [4.69, 9.17) is 9.47 Å². The fraction of sp³-hybridized carbons (Fsp3) is 0.263. The smallest absolute Gasteiger partial charge is 0.201 e. The van der Waals surface area contributed by atoms with Crippen LogP contribution in [-0.2, 0) is 9.47 Å². The van der Waals surface area contributed by atoms with Crippen LogP contribution in [0.2, 0.25) is 0 Å². The van der Waals surface area contributed by atoms with Crippen molar-refractivity contribution < 1.29 is 9.47 Å². The molecule has 0 unspecified atom stereocenters. The highest BCUT2D eigenvalue weighted by Gasteiger charge is 2.12. The Labute approximate surface area is 147 Å². The van der Waals surface area contributed by atoms with Gasteiger partial charge in [0.15, 0.2) is 0 Å². The summed E-state index contributed by atoms with van der Waals surface area (Å²) in [5, 5.41) is 3.36. The van der Waals surface area contributed by atoms with Gasteiger partial charge in [-0.15, -0.1) is 0 Å². The van der Waals surface area contributed by atoms with Gasteiger partial charge in [0.2, 0.25) is 6.29 Å². The lowest BCUT2D eigenvalue weighted by Crippen LogP contribution is -2.10. The van der Waals surface area contributed by atoms with Crippen molar-refractivity contribution in [2.45, 2.75) is 20.1 Å². The molecule has 0 saturated heterocycles. The zero-order valence-corrected chi connectivity index (χ0v) is 14.4. The molecular weight excluding hydrogens is 316 g/mol. The highest BCUT2D eigenvalue weighted by molar-refractivity contribution is 5.61. The summed E-state index contributed by atoms with van der Waals surface area (Å²) in [5.41, 5.74) is 3.69. The minimum atomic E-state index is -0.423. The lowest BCUT2D eigenvalue weighted by Gasteiger charge is -2.16. The Balaban J connectivity index is 1.72. The second kappa shape index (κ2) is 8.41. The van der Waals surface area contributed by atoms with Gasteiger partial charge in [-0.2, -0.15) is 0 Å². The second-order valence-corrected chi connectivity index (χ2v) is 5.36. The van der Waals surface area contributed by atoms with Gasteiger partial charge in [0.1, 0.15) is 0 Å². The summed E-state index contributed by atoms with van der Waals surface area (Å²) in [6.45, 7) is 5.03. The molecule has 25 heavy (non-hydrogen) atoms. The zero-order valence-electron chi connectivity index (χ0n) is 14.4. The van der Waals surface area contributed by atoms with Crippen LogP contribution < -0.4 is 5.32 Å². The summed E-state index contributed by atoms with van der Waals surface area (Å²) in [5.74, 6) is 0. The van der Waals surface area contributed by atoms with Crippen molar-refractivity contribution in [3.63, 3.8) is 0 Å². The molecule has 0 aliphatic rings. The number of benzene rings is 1. The number of imidazole rings is 1. The van der Waals surface area contributed by atoms with Crippen LogP contribution in [0.15, 0.2) is 61.3 Å². The van der Waals surface area contributed by atoms with E-state index >= 15 is 0 Å². The topological polar surface area (TPSA) is 61.2 Å². The summed E-state index contributed by atoms with van der Waals surface area (Å²) in [6.07, 6.45) is 6.81. The molecule has 6 heteroatoms. The van der Waals surface area contributed by atoms with Gasteiger partial charge in [-0.05, 0) is 44.2 Å². The van der Waals surface area contributed by atoms with Crippen LogP contribution in [0, 0.1) is 0 Å². The predicted molar refractivity (Wildman–Crippen MR) is 97.1 cm³/mol. The molecule has 0 amide bonds. The van der Waals surface area contributed by atoms with Crippen LogP contribution in [0.25, 0.3) is 5.69 Å². The number of rotatable bonds is 8. The molecule has 2 aromatic heterocycles. The second-order valence-electron chi connectivity index (χ2n) is 5.36. The Morgan fingerprint density at radius 2 is 1.92 bits per heavy atom. The highest BCUT2D eigenvalue weighted by atomic mass is 16.7. The minimum absolute atomic E-state index is 0.423. The molecule has 0 spiro atoms. The Hall–Kier alpha value is -2.70. The van der Waals surface area contributed by atoms with Crippen LogP contribution in [-0.4, -0.2) is 27.7 Å². The molecule has 1 aromatic carbocycles. The lowest BCUT2D eigenvalue weighted by atomic mass is 10.2. The van der Waals surface area contributed by atoms with Crippen molar-refractivity contribution in [3.8, 4) is 5.69 Å². The van der Waals surface area contributed by atoms with Crippen molar-refractivity contribution in [1.82, 2.24) is 14.5 Å². The number of hydrogen-bond acceptors (Lipinski definition) is 5. The van der Waals surface area contributed by atoms with E-state index < -0.39 is 6.29 Å². The van der Waals surface area contributed by atoms with Crippen LogP contribution in [0.3, 0.4) is 0 Å². The third-order valence-electron chi connectivity index (χ3n) is 3.60. The predicted octanol–water partition coefficient (Wildman–Crippen LogP) is 4.08. The van der Waals surface area contributed by atoms with Gasteiger partial charge < -0.3 is 19.4 Å². The third-order valence-corrected chi connectivity index (χ3v) is 3.60. The molecule has 3 rings (SSSR count). The largest absolute Gasteiger partial charge is 0.354 e. The lowest BCUT2D eigenvalue weighted by molar-refractivity contribution is -0.142. The third kappa shape index (κ3) is 4.43. The summed E-state index contributed by atoms with van der Waals surface area (Å²) in [7, 11) is 0. The first-order valence-corrected chi connectivity index (χ1v) is 8.34. The molecule has 130 valence electrons. The van der Waals surface area contributed by atoms with E-state index in [9.17, 15) is 0 Å². The number of aromatic nitrogens is 3. The standard InChI is InChI=1S/C19H22N4O2/c1-3-24-19(25-4-2)18-9-8-16(13-21-18)22-15-6-5-7-17(12-15)23-11-10-20-14-23/h5-14,19,22H,3-4H2,1-2H3. The van der Waals surface area contributed by atoms with E-state index in [1.54, 1.807) is 18.7 Å². The van der Waals surface area contributed by atoms with Gasteiger partial charge in [0.25, 0.3) is 0 Å². The van der Waals surface area contributed by atoms with Crippen molar-refractivity contribution in [1.29, 1.82) is 0 Å². The normalized spacial score (nSPS) is 11.0. The first-order chi connectivity index (χ1) is 12.3. The summed E-state index contributed by atoms with van der Waals surface area (Å²) in [6, 6.07) is 12.0. The maximum Gasteiger partial charge on any atom is 0.201 e. The zero-order chi connectivity index (χ0) is 17.5. The molecule has 0 aliphatic carbocycles. The maximum atomic E-state index is 5.57. The molecule has 6 nitrogen and oxygen atoms in total. The number of nitrogens with zero attached hydrogens (tertiary/aromatic N) is 3. The van der Waals surface area contributed by atoms with Gasteiger partial charge in [-0.1, -0.05) is 6.07 Å². The Morgan fingerprint density at radius 1 is 1.08 bits per heavy atom. The minimum Gasteiger partial charge on any atom is -0.354 e. The average molecular weight is 338 g/mol. The van der Waals surface area contributed by atoms with Crippen LogP contribution in [0.4, 0.5) is 11.4 Å². The van der Waals surface area contributed by atoms with Crippen LogP contribution >= 0.6 is 0 Å². The van der Waals surface area contributed by atoms with E-state index in [2.05, 4.69) is 21.4 Å².